The molecule has 31 heavy (non-hydrogen) atoms. The van der Waals surface area contributed by atoms with Crippen molar-refractivity contribution in [2.45, 2.75) is 13.1 Å². The Hall–Kier alpha value is -3.70. The zero-order chi connectivity index (χ0) is 21.6. The SMILES string of the molecule is CN(C)Cc1ccccc1CNC(=O)c1ccccc1-c1ncc(-c2ccccc2)o1. The van der Waals surface area contributed by atoms with E-state index in [2.05, 4.69) is 21.3 Å². The van der Waals surface area contributed by atoms with Crippen molar-refractivity contribution in [2.75, 3.05) is 14.1 Å². The van der Waals surface area contributed by atoms with Crippen LogP contribution in [-0.4, -0.2) is 29.9 Å². The van der Waals surface area contributed by atoms with Gasteiger partial charge in [-0.05, 0) is 37.4 Å². The number of carbonyl (C=O) groups is 1. The van der Waals surface area contributed by atoms with Gasteiger partial charge in [0.25, 0.3) is 5.91 Å². The van der Waals surface area contributed by atoms with Crippen LogP contribution in [0.5, 0.6) is 0 Å². The summed E-state index contributed by atoms with van der Waals surface area (Å²) in [6.07, 6.45) is 1.69. The minimum atomic E-state index is -0.158. The first-order valence-corrected chi connectivity index (χ1v) is 10.2. The van der Waals surface area contributed by atoms with Crippen molar-refractivity contribution in [3.8, 4) is 22.8 Å². The van der Waals surface area contributed by atoms with Crippen LogP contribution >= 0.6 is 0 Å². The van der Waals surface area contributed by atoms with Crippen molar-refractivity contribution in [2.24, 2.45) is 0 Å². The fraction of sp³-hybridized carbons (Fsp3) is 0.154. The van der Waals surface area contributed by atoms with Crippen LogP contribution in [0.4, 0.5) is 0 Å². The summed E-state index contributed by atoms with van der Waals surface area (Å²) < 4.78 is 5.98. The van der Waals surface area contributed by atoms with Gasteiger partial charge in [0.1, 0.15) is 0 Å². The summed E-state index contributed by atoms with van der Waals surface area (Å²) in [4.78, 5) is 19.6. The second-order valence-electron chi connectivity index (χ2n) is 7.63. The number of aromatic nitrogens is 1. The standard InChI is InChI=1S/C26H25N3O2/c1-29(2)18-21-13-7-6-12-20(21)16-27-25(30)22-14-8-9-15-23(22)26-28-17-24(31-26)19-10-4-3-5-11-19/h3-15,17H,16,18H2,1-2H3,(H,27,30). The van der Waals surface area contributed by atoms with Gasteiger partial charge in [-0.25, -0.2) is 4.98 Å². The Morgan fingerprint density at radius 2 is 1.58 bits per heavy atom. The van der Waals surface area contributed by atoms with Crippen LogP contribution in [0.3, 0.4) is 0 Å². The molecular weight excluding hydrogens is 386 g/mol. The molecule has 1 amide bonds. The van der Waals surface area contributed by atoms with Crippen molar-refractivity contribution in [1.82, 2.24) is 15.2 Å². The molecule has 0 bridgehead atoms. The first kappa shape index (κ1) is 20.6. The second-order valence-corrected chi connectivity index (χ2v) is 7.63. The molecule has 0 spiro atoms. The molecule has 4 aromatic rings. The molecular formula is C26H25N3O2. The van der Waals surface area contributed by atoms with Gasteiger partial charge in [0.05, 0.1) is 11.8 Å². The molecule has 1 aromatic heterocycles. The lowest BCUT2D eigenvalue weighted by Crippen LogP contribution is -2.24. The molecule has 0 aliphatic heterocycles. The molecule has 5 nitrogen and oxygen atoms in total. The van der Waals surface area contributed by atoms with E-state index in [0.29, 0.717) is 29.3 Å². The first-order valence-electron chi connectivity index (χ1n) is 10.2. The highest BCUT2D eigenvalue weighted by Crippen LogP contribution is 2.28. The molecule has 0 saturated heterocycles. The van der Waals surface area contributed by atoms with Crippen LogP contribution in [-0.2, 0) is 13.1 Å². The smallest absolute Gasteiger partial charge is 0.252 e. The molecule has 1 N–H and O–H groups in total. The van der Waals surface area contributed by atoms with E-state index in [1.165, 1.54) is 5.56 Å². The van der Waals surface area contributed by atoms with Gasteiger partial charge in [-0.1, -0.05) is 66.7 Å². The fourth-order valence-corrected chi connectivity index (χ4v) is 3.50. The topological polar surface area (TPSA) is 58.4 Å². The number of nitrogens with zero attached hydrogens (tertiary/aromatic N) is 2. The lowest BCUT2D eigenvalue weighted by molar-refractivity contribution is 0.0951. The molecule has 0 saturated carbocycles. The number of amides is 1. The number of benzene rings is 3. The third-order valence-corrected chi connectivity index (χ3v) is 5.01. The molecule has 1 heterocycles. The molecule has 5 heteroatoms. The predicted molar refractivity (Wildman–Crippen MR) is 122 cm³/mol. The molecule has 0 aliphatic carbocycles. The Kier molecular flexibility index (Phi) is 6.24. The summed E-state index contributed by atoms with van der Waals surface area (Å²) in [5.74, 6) is 0.941. The van der Waals surface area contributed by atoms with Gasteiger partial charge < -0.3 is 14.6 Å². The van der Waals surface area contributed by atoms with Gasteiger partial charge in [-0.15, -0.1) is 0 Å². The average Bonchev–Trinajstić information content (AvgIpc) is 3.29. The van der Waals surface area contributed by atoms with Crippen LogP contribution in [0.2, 0.25) is 0 Å². The number of nitrogens with one attached hydrogen (secondary N) is 1. The van der Waals surface area contributed by atoms with Gasteiger partial charge in [-0.2, -0.15) is 0 Å². The molecule has 0 radical (unpaired) electrons. The van der Waals surface area contributed by atoms with Crippen LogP contribution in [0.1, 0.15) is 21.5 Å². The van der Waals surface area contributed by atoms with Crippen molar-refractivity contribution in [1.29, 1.82) is 0 Å². The Labute approximate surface area is 182 Å². The van der Waals surface area contributed by atoms with E-state index in [4.69, 9.17) is 4.42 Å². The molecule has 0 unspecified atom stereocenters. The third kappa shape index (κ3) is 4.90. The normalized spacial score (nSPS) is 10.9. The minimum absolute atomic E-state index is 0.158. The number of oxazole rings is 1. The lowest BCUT2D eigenvalue weighted by atomic mass is 10.1. The minimum Gasteiger partial charge on any atom is -0.436 e. The highest BCUT2D eigenvalue weighted by molar-refractivity contribution is 6.00. The zero-order valence-electron chi connectivity index (χ0n) is 17.7. The highest BCUT2D eigenvalue weighted by Gasteiger charge is 2.17. The lowest BCUT2D eigenvalue weighted by Gasteiger charge is -2.15. The number of hydrogen-bond acceptors (Lipinski definition) is 4. The van der Waals surface area contributed by atoms with Crippen molar-refractivity contribution in [3.05, 3.63) is 102 Å². The third-order valence-electron chi connectivity index (χ3n) is 5.01. The average molecular weight is 412 g/mol. The maximum Gasteiger partial charge on any atom is 0.252 e. The van der Waals surface area contributed by atoms with Gasteiger partial charge in [0.15, 0.2) is 5.76 Å². The summed E-state index contributed by atoms with van der Waals surface area (Å²) in [6.45, 7) is 1.28. The number of rotatable bonds is 7. The van der Waals surface area contributed by atoms with E-state index in [9.17, 15) is 4.79 Å². The van der Waals surface area contributed by atoms with Gasteiger partial charge in [0.2, 0.25) is 5.89 Å². The first-order chi connectivity index (χ1) is 15.1. The summed E-state index contributed by atoms with van der Waals surface area (Å²) in [7, 11) is 4.07. The molecule has 3 aromatic carbocycles. The molecule has 0 fully saturated rings. The predicted octanol–water partition coefficient (Wildman–Crippen LogP) is 5.00. The van der Waals surface area contributed by atoms with Crippen LogP contribution in [0.15, 0.2) is 89.5 Å². The van der Waals surface area contributed by atoms with Gasteiger partial charge in [0, 0.05) is 24.2 Å². The van der Waals surface area contributed by atoms with Crippen molar-refractivity contribution in [3.63, 3.8) is 0 Å². The highest BCUT2D eigenvalue weighted by atomic mass is 16.4. The maximum atomic E-state index is 13.0. The molecule has 0 atom stereocenters. The van der Waals surface area contributed by atoms with E-state index >= 15 is 0 Å². The van der Waals surface area contributed by atoms with Crippen LogP contribution in [0, 0.1) is 0 Å². The van der Waals surface area contributed by atoms with E-state index in [1.807, 2.05) is 80.8 Å². The Bertz CT molecular complexity index is 1170. The van der Waals surface area contributed by atoms with Gasteiger partial charge >= 0.3 is 0 Å². The van der Waals surface area contributed by atoms with E-state index in [-0.39, 0.29) is 5.91 Å². The summed E-state index contributed by atoms with van der Waals surface area (Å²) in [6, 6.07) is 25.3. The largest absolute Gasteiger partial charge is 0.436 e. The van der Waals surface area contributed by atoms with E-state index < -0.39 is 0 Å². The zero-order valence-corrected chi connectivity index (χ0v) is 17.7. The van der Waals surface area contributed by atoms with E-state index in [0.717, 1.165) is 17.7 Å². The summed E-state index contributed by atoms with van der Waals surface area (Å²) in [5.41, 5.74) is 4.45. The van der Waals surface area contributed by atoms with Crippen LogP contribution in [0.25, 0.3) is 22.8 Å². The Morgan fingerprint density at radius 3 is 2.35 bits per heavy atom. The fourth-order valence-electron chi connectivity index (χ4n) is 3.50. The summed E-state index contributed by atoms with van der Waals surface area (Å²) >= 11 is 0. The molecule has 0 aliphatic rings. The molecule has 4 rings (SSSR count). The van der Waals surface area contributed by atoms with Crippen molar-refractivity contribution < 1.29 is 9.21 Å². The second kappa shape index (κ2) is 9.41. The Morgan fingerprint density at radius 1 is 0.903 bits per heavy atom. The van der Waals surface area contributed by atoms with Crippen molar-refractivity contribution >= 4 is 5.91 Å². The van der Waals surface area contributed by atoms with E-state index in [1.54, 1.807) is 12.3 Å². The monoisotopic (exact) mass is 411 g/mol. The quantitative estimate of drug-likeness (QED) is 0.465. The van der Waals surface area contributed by atoms with Gasteiger partial charge in [-0.3, -0.25) is 4.79 Å². The Balaban J connectivity index is 1.54. The summed E-state index contributed by atoms with van der Waals surface area (Å²) in [5, 5.41) is 3.05. The van der Waals surface area contributed by atoms with Crippen LogP contribution < -0.4 is 5.32 Å². The number of hydrogen-bond donors (Lipinski definition) is 1. The molecule has 156 valence electrons. The maximum absolute atomic E-state index is 13.0. The number of carbonyl (C=O) groups excluding carboxylic acids is 1.